The Morgan fingerprint density at radius 1 is 1.18 bits per heavy atom. The van der Waals surface area contributed by atoms with Crippen LogP contribution in [0.15, 0.2) is 54.2 Å². The van der Waals surface area contributed by atoms with Gasteiger partial charge in [0.25, 0.3) is 0 Å². The van der Waals surface area contributed by atoms with E-state index in [1.807, 2.05) is 28.8 Å². The van der Waals surface area contributed by atoms with Crippen molar-refractivity contribution < 1.29 is 4.79 Å². The lowest BCUT2D eigenvalue weighted by Crippen LogP contribution is -2.16. The van der Waals surface area contributed by atoms with Crippen molar-refractivity contribution in [3.63, 3.8) is 0 Å². The molecule has 0 atom stereocenters. The van der Waals surface area contributed by atoms with Crippen LogP contribution >= 0.6 is 69.3 Å². The van der Waals surface area contributed by atoms with Gasteiger partial charge in [-0.25, -0.2) is 0 Å². The summed E-state index contributed by atoms with van der Waals surface area (Å²) in [4.78, 5) is 12.7. The van der Waals surface area contributed by atoms with Crippen LogP contribution in [0.5, 0.6) is 0 Å². The first-order chi connectivity index (χ1) is 16.3. The fourth-order valence-corrected chi connectivity index (χ4v) is 5.69. The first kappa shape index (κ1) is 27.4. The van der Waals surface area contributed by atoms with E-state index in [1.165, 1.54) is 11.8 Å². The summed E-state index contributed by atoms with van der Waals surface area (Å²) in [5.41, 5.74) is 3.08. The molecule has 0 aliphatic heterocycles. The Morgan fingerprint density at radius 3 is 2.68 bits per heavy atom. The molecule has 0 radical (unpaired) electrons. The van der Waals surface area contributed by atoms with Crippen molar-refractivity contribution in [1.82, 2.24) is 14.8 Å². The zero-order valence-electron chi connectivity index (χ0n) is 18.9. The maximum atomic E-state index is 12.7. The van der Waals surface area contributed by atoms with E-state index >= 15 is 0 Å². The normalized spacial score (nSPS) is 11.1. The fraction of sp³-hybridized carbons (Fsp3) is 0.292. The highest BCUT2D eigenvalue weighted by molar-refractivity contribution is 14.1. The second-order valence-corrected chi connectivity index (χ2v) is 11.8. The maximum absolute atomic E-state index is 12.7. The molecule has 0 aliphatic carbocycles. The van der Waals surface area contributed by atoms with Crippen molar-refractivity contribution in [2.24, 2.45) is 0 Å². The standard InChI is InChI=1S/C24H25Cl2IN4OS2/c1-4-9-31-22(13-33-12-16-5-7-19(25)20(26)10-16)29-30-24(31)34-14-23(32)28-21-8-6-17(27)11-18(21)15(2)3/h4-8,10-11,15H,1,9,12-14H2,2-3H3,(H,28,32). The SMILES string of the molecule is C=CCn1c(CSCc2ccc(Cl)c(Cl)c2)nnc1SCC(=O)Nc1ccc(I)cc1C(C)C. The highest BCUT2D eigenvalue weighted by atomic mass is 127. The molecule has 180 valence electrons. The maximum Gasteiger partial charge on any atom is 0.234 e. The molecule has 1 N–H and O–H groups in total. The van der Waals surface area contributed by atoms with Crippen molar-refractivity contribution >= 4 is 80.9 Å². The van der Waals surface area contributed by atoms with Gasteiger partial charge in [-0.05, 0) is 70.0 Å². The molecule has 1 heterocycles. The molecule has 0 aliphatic rings. The van der Waals surface area contributed by atoms with E-state index in [0.29, 0.717) is 33.4 Å². The monoisotopic (exact) mass is 646 g/mol. The van der Waals surface area contributed by atoms with E-state index in [2.05, 4.69) is 64.6 Å². The summed E-state index contributed by atoms with van der Waals surface area (Å²) in [6, 6.07) is 11.7. The van der Waals surface area contributed by atoms with Crippen LogP contribution in [-0.2, 0) is 22.8 Å². The van der Waals surface area contributed by atoms with Gasteiger partial charge in [0, 0.05) is 21.6 Å². The number of carbonyl (C=O) groups is 1. The predicted molar refractivity (Wildman–Crippen MR) is 154 cm³/mol. The Hall–Kier alpha value is -1.20. The minimum Gasteiger partial charge on any atom is -0.325 e. The number of nitrogens with one attached hydrogen (secondary N) is 1. The lowest BCUT2D eigenvalue weighted by atomic mass is 10.0. The van der Waals surface area contributed by atoms with Gasteiger partial charge in [0.2, 0.25) is 5.91 Å². The van der Waals surface area contributed by atoms with Gasteiger partial charge in [-0.15, -0.1) is 28.5 Å². The zero-order chi connectivity index (χ0) is 24.7. The molecule has 0 bridgehead atoms. The molecule has 0 saturated carbocycles. The summed E-state index contributed by atoms with van der Waals surface area (Å²) in [5, 5.41) is 13.5. The quantitative estimate of drug-likeness (QED) is 0.132. The number of carbonyl (C=O) groups excluding carboxylic acids is 1. The second-order valence-electron chi connectivity index (χ2n) is 7.76. The Bertz CT molecular complexity index is 1170. The smallest absolute Gasteiger partial charge is 0.234 e. The Morgan fingerprint density at radius 2 is 1.97 bits per heavy atom. The first-order valence-corrected chi connectivity index (χ1v) is 14.5. The lowest BCUT2D eigenvalue weighted by Gasteiger charge is -2.14. The zero-order valence-corrected chi connectivity index (χ0v) is 24.2. The topological polar surface area (TPSA) is 59.8 Å². The molecule has 0 fully saturated rings. The Labute approximate surface area is 232 Å². The number of anilines is 1. The molecule has 1 amide bonds. The first-order valence-electron chi connectivity index (χ1n) is 10.5. The second kappa shape index (κ2) is 13.2. The van der Waals surface area contributed by atoms with Gasteiger partial charge in [0.15, 0.2) is 5.16 Å². The minimum absolute atomic E-state index is 0.0724. The molecule has 0 spiro atoms. The number of halogens is 3. The van der Waals surface area contributed by atoms with E-state index in [9.17, 15) is 4.79 Å². The summed E-state index contributed by atoms with van der Waals surface area (Å²) in [6.45, 7) is 8.67. The van der Waals surface area contributed by atoms with Crippen molar-refractivity contribution in [1.29, 1.82) is 0 Å². The number of amides is 1. The van der Waals surface area contributed by atoms with Crippen LogP contribution < -0.4 is 5.32 Å². The third-order valence-corrected chi connectivity index (χ3v) is 8.21. The number of hydrogen-bond donors (Lipinski definition) is 1. The van der Waals surface area contributed by atoms with Crippen LogP contribution in [-0.4, -0.2) is 26.4 Å². The summed E-state index contributed by atoms with van der Waals surface area (Å²) < 4.78 is 3.15. The minimum atomic E-state index is -0.0724. The molecule has 34 heavy (non-hydrogen) atoms. The Kier molecular flexibility index (Phi) is 10.6. The molecule has 5 nitrogen and oxygen atoms in total. The molecule has 1 aromatic heterocycles. The van der Waals surface area contributed by atoms with Gasteiger partial charge in [0.05, 0.1) is 21.6 Å². The number of rotatable bonds is 11. The number of aromatic nitrogens is 3. The molecule has 2 aromatic carbocycles. The third-order valence-electron chi connectivity index (χ3n) is 4.83. The lowest BCUT2D eigenvalue weighted by molar-refractivity contribution is -0.113. The number of hydrogen-bond acceptors (Lipinski definition) is 5. The molecular formula is C24H25Cl2IN4OS2. The molecule has 10 heteroatoms. The van der Waals surface area contributed by atoms with Crippen LogP contribution in [0.3, 0.4) is 0 Å². The average molecular weight is 647 g/mol. The van der Waals surface area contributed by atoms with Crippen molar-refractivity contribution in [2.75, 3.05) is 11.1 Å². The van der Waals surface area contributed by atoms with Crippen LogP contribution in [0.4, 0.5) is 5.69 Å². The Balaban J connectivity index is 1.60. The summed E-state index contributed by atoms with van der Waals surface area (Å²) in [5.74, 6) is 2.78. The summed E-state index contributed by atoms with van der Waals surface area (Å²) in [7, 11) is 0. The van der Waals surface area contributed by atoms with Gasteiger partial charge in [0.1, 0.15) is 5.82 Å². The van der Waals surface area contributed by atoms with Crippen LogP contribution in [0.2, 0.25) is 10.0 Å². The van der Waals surface area contributed by atoms with E-state index in [1.54, 1.807) is 23.9 Å². The number of allylic oxidation sites excluding steroid dienone is 1. The highest BCUT2D eigenvalue weighted by Gasteiger charge is 2.15. The van der Waals surface area contributed by atoms with Crippen molar-refractivity contribution in [2.45, 2.75) is 43.0 Å². The van der Waals surface area contributed by atoms with Gasteiger partial charge in [-0.3, -0.25) is 4.79 Å². The summed E-state index contributed by atoms with van der Waals surface area (Å²) in [6.07, 6.45) is 1.81. The molecule has 3 rings (SSSR count). The van der Waals surface area contributed by atoms with E-state index in [4.69, 9.17) is 23.2 Å². The number of nitrogens with zero attached hydrogens (tertiary/aromatic N) is 3. The van der Waals surface area contributed by atoms with E-state index in [0.717, 1.165) is 32.0 Å². The van der Waals surface area contributed by atoms with Crippen LogP contribution in [0.25, 0.3) is 0 Å². The third kappa shape index (κ3) is 7.65. The van der Waals surface area contributed by atoms with Crippen molar-refractivity contribution in [3.8, 4) is 0 Å². The molecular weight excluding hydrogens is 622 g/mol. The molecule has 3 aromatic rings. The van der Waals surface area contributed by atoms with Gasteiger partial charge < -0.3 is 9.88 Å². The molecule has 0 unspecified atom stereocenters. The number of benzene rings is 2. The van der Waals surface area contributed by atoms with E-state index < -0.39 is 0 Å². The van der Waals surface area contributed by atoms with Gasteiger partial charge in [-0.1, -0.05) is 61.0 Å². The van der Waals surface area contributed by atoms with Gasteiger partial charge >= 0.3 is 0 Å². The number of thioether (sulfide) groups is 2. The highest BCUT2D eigenvalue weighted by Crippen LogP contribution is 2.28. The van der Waals surface area contributed by atoms with Crippen LogP contribution in [0, 0.1) is 3.57 Å². The average Bonchev–Trinajstić information content (AvgIpc) is 3.17. The summed E-state index contributed by atoms with van der Waals surface area (Å²) >= 11 is 17.5. The van der Waals surface area contributed by atoms with Crippen molar-refractivity contribution in [3.05, 3.63) is 79.6 Å². The van der Waals surface area contributed by atoms with E-state index in [-0.39, 0.29) is 11.7 Å². The largest absolute Gasteiger partial charge is 0.325 e. The van der Waals surface area contributed by atoms with Crippen LogP contribution in [0.1, 0.15) is 36.7 Å². The fourth-order valence-electron chi connectivity index (χ4n) is 3.18. The van der Waals surface area contributed by atoms with Gasteiger partial charge in [-0.2, -0.15) is 0 Å². The molecule has 0 saturated heterocycles. The predicted octanol–water partition coefficient (Wildman–Crippen LogP) is 7.66.